The van der Waals surface area contributed by atoms with E-state index in [1.165, 1.54) is 12.1 Å². The number of ether oxygens (including phenoxy) is 1. The molecule has 1 aliphatic heterocycles. The molecule has 8 heteroatoms. The van der Waals surface area contributed by atoms with E-state index >= 15 is 0 Å². The summed E-state index contributed by atoms with van der Waals surface area (Å²) in [4.78, 5) is 10.5. The van der Waals surface area contributed by atoms with E-state index in [-0.39, 0.29) is 10.6 Å². The number of benzene rings is 1. The lowest BCUT2D eigenvalue weighted by atomic mass is 10.0. The zero-order chi connectivity index (χ0) is 14.5. The average molecular weight is 300 g/mol. The van der Waals surface area contributed by atoms with Gasteiger partial charge in [0, 0.05) is 25.8 Å². The number of anilines is 1. The van der Waals surface area contributed by atoms with Crippen LogP contribution in [0.5, 0.6) is 0 Å². The van der Waals surface area contributed by atoms with Gasteiger partial charge in [-0.2, -0.15) is 0 Å². The van der Waals surface area contributed by atoms with Crippen molar-refractivity contribution in [3.05, 3.63) is 28.3 Å². The van der Waals surface area contributed by atoms with Crippen molar-refractivity contribution >= 4 is 22.5 Å². The highest BCUT2D eigenvalue weighted by molar-refractivity contribution is 7.79. The Bertz CT molecular complexity index is 517. The minimum Gasteiger partial charge on any atom is -0.381 e. The highest BCUT2D eigenvalue weighted by atomic mass is 32.2. The molecule has 0 aromatic heterocycles. The van der Waals surface area contributed by atoms with Crippen molar-refractivity contribution in [2.75, 3.05) is 25.1 Å². The molecule has 0 amide bonds. The zero-order valence-corrected chi connectivity index (χ0v) is 11.6. The van der Waals surface area contributed by atoms with Crippen LogP contribution in [0.2, 0.25) is 0 Å². The summed E-state index contributed by atoms with van der Waals surface area (Å²) >= 11 is -2.22. The van der Waals surface area contributed by atoms with Gasteiger partial charge < -0.3 is 14.6 Å². The maximum atomic E-state index is 11.0. The molecule has 2 rings (SSSR count). The van der Waals surface area contributed by atoms with Crippen molar-refractivity contribution in [3.8, 4) is 0 Å². The molecule has 1 atom stereocenters. The van der Waals surface area contributed by atoms with Crippen molar-refractivity contribution in [2.24, 2.45) is 5.92 Å². The summed E-state index contributed by atoms with van der Waals surface area (Å²) in [5.41, 5.74) is 0.188. The monoisotopic (exact) mass is 300 g/mol. The summed E-state index contributed by atoms with van der Waals surface area (Å²) in [5, 5.41) is 14.1. The third kappa shape index (κ3) is 3.75. The fourth-order valence-corrected chi connectivity index (χ4v) is 2.52. The van der Waals surface area contributed by atoms with E-state index in [2.05, 4.69) is 5.32 Å². The predicted molar refractivity (Wildman–Crippen MR) is 74.2 cm³/mol. The molecule has 1 aliphatic rings. The zero-order valence-electron chi connectivity index (χ0n) is 10.8. The van der Waals surface area contributed by atoms with Crippen molar-refractivity contribution in [2.45, 2.75) is 17.7 Å². The Morgan fingerprint density at radius 2 is 2.15 bits per heavy atom. The number of hydrogen-bond acceptors (Lipinski definition) is 5. The lowest BCUT2D eigenvalue weighted by Crippen LogP contribution is -2.22. The SMILES string of the molecule is O=[N+]([O-])c1cc(S(=O)O)ccc1NCC1CCOCC1. The lowest BCUT2D eigenvalue weighted by molar-refractivity contribution is -0.384. The van der Waals surface area contributed by atoms with Gasteiger partial charge in [-0.05, 0) is 30.9 Å². The Morgan fingerprint density at radius 3 is 2.75 bits per heavy atom. The first-order valence-electron chi connectivity index (χ1n) is 6.29. The van der Waals surface area contributed by atoms with Crippen molar-refractivity contribution in [1.29, 1.82) is 0 Å². The number of nitro benzene ring substituents is 1. The van der Waals surface area contributed by atoms with Crippen LogP contribution in [0.25, 0.3) is 0 Å². The maximum absolute atomic E-state index is 11.0. The van der Waals surface area contributed by atoms with Gasteiger partial charge in [-0.1, -0.05) is 0 Å². The Hall–Kier alpha value is -1.51. The molecule has 110 valence electrons. The summed E-state index contributed by atoms with van der Waals surface area (Å²) in [6.07, 6.45) is 1.86. The number of nitrogens with one attached hydrogen (secondary N) is 1. The first-order chi connectivity index (χ1) is 9.58. The van der Waals surface area contributed by atoms with E-state index in [1.807, 2.05) is 0 Å². The average Bonchev–Trinajstić information content (AvgIpc) is 2.45. The van der Waals surface area contributed by atoms with Gasteiger partial charge in [0.05, 0.1) is 9.82 Å². The summed E-state index contributed by atoms with van der Waals surface area (Å²) in [7, 11) is 0. The van der Waals surface area contributed by atoms with E-state index in [9.17, 15) is 14.3 Å². The van der Waals surface area contributed by atoms with Crippen molar-refractivity contribution < 1.29 is 18.4 Å². The van der Waals surface area contributed by atoms with Crippen LogP contribution in [-0.4, -0.2) is 33.4 Å². The Labute approximate surface area is 118 Å². The van der Waals surface area contributed by atoms with Crippen LogP contribution in [0.1, 0.15) is 12.8 Å². The Balaban J connectivity index is 2.09. The second-order valence-electron chi connectivity index (χ2n) is 4.62. The van der Waals surface area contributed by atoms with Gasteiger partial charge in [-0.25, -0.2) is 4.21 Å². The third-order valence-electron chi connectivity index (χ3n) is 3.29. The first kappa shape index (κ1) is 14.9. The van der Waals surface area contributed by atoms with Gasteiger partial charge in [0.25, 0.3) is 5.69 Å². The molecule has 1 aromatic rings. The molecular weight excluding hydrogens is 284 g/mol. The minimum absolute atomic E-state index is 0.0216. The molecule has 0 radical (unpaired) electrons. The van der Waals surface area contributed by atoms with E-state index in [0.29, 0.717) is 18.2 Å². The summed E-state index contributed by atoms with van der Waals surface area (Å²) in [5.74, 6) is 0.426. The minimum atomic E-state index is -2.22. The molecule has 2 N–H and O–H groups in total. The van der Waals surface area contributed by atoms with Gasteiger partial charge in [0.2, 0.25) is 0 Å². The highest BCUT2D eigenvalue weighted by Crippen LogP contribution is 2.27. The molecule has 1 unspecified atom stereocenters. The van der Waals surface area contributed by atoms with Gasteiger partial charge in [-0.3, -0.25) is 10.1 Å². The third-order valence-corrected chi connectivity index (χ3v) is 3.95. The molecule has 0 saturated carbocycles. The van der Waals surface area contributed by atoms with Crippen LogP contribution in [0.3, 0.4) is 0 Å². The summed E-state index contributed by atoms with van der Waals surface area (Å²) in [6.45, 7) is 2.07. The standard InChI is InChI=1S/C12H16N2O5S/c15-14(16)12-7-10(20(17)18)1-2-11(12)13-8-9-3-5-19-6-4-9/h1-2,7,9,13H,3-6,8H2,(H,17,18). The number of rotatable bonds is 5. The molecular formula is C12H16N2O5S. The van der Waals surface area contributed by atoms with Crippen LogP contribution >= 0.6 is 0 Å². The Kier molecular flexibility index (Phi) is 5.05. The van der Waals surface area contributed by atoms with Gasteiger partial charge in [0.1, 0.15) is 5.69 Å². The molecule has 0 spiro atoms. The largest absolute Gasteiger partial charge is 0.381 e. The van der Waals surface area contributed by atoms with E-state index in [1.54, 1.807) is 0 Å². The molecule has 1 fully saturated rings. The summed E-state index contributed by atoms with van der Waals surface area (Å²) in [6, 6.07) is 4.01. The van der Waals surface area contributed by atoms with Crippen LogP contribution in [0.15, 0.2) is 23.1 Å². The van der Waals surface area contributed by atoms with E-state index in [0.717, 1.165) is 32.1 Å². The maximum Gasteiger partial charge on any atom is 0.293 e. The molecule has 0 aliphatic carbocycles. The Morgan fingerprint density at radius 1 is 1.45 bits per heavy atom. The van der Waals surface area contributed by atoms with Crippen LogP contribution in [0.4, 0.5) is 11.4 Å². The van der Waals surface area contributed by atoms with Gasteiger partial charge >= 0.3 is 0 Å². The van der Waals surface area contributed by atoms with Crippen LogP contribution in [-0.2, 0) is 15.8 Å². The second-order valence-corrected chi connectivity index (χ2v) is 5.59. The van der Waals surface area contributed by atoms with Crippen LogP contribution < -0.4 is 5.32 Å². The first-order valence-corrected chi connectivity index (χ1v) is 7.39. The summed E-state index contributed by atoms with van der Waals surface area (Å²) < 4.78 is 25.2. The van der Waals surface area contributed by atoms with Crippen molar-refractivity contribution in [3.63, 3.8) is 0 Å². The van der Waals surface area contributed by atoms with Crippen molar-refractivity contribution in [1.82, 2.24) is 0 Å². The fourth-order valence-electron chi connectivity index (χ4n) is 2.13. The quantitative estimate of drug-likeness (QED) is 0.490. The van der Waals surface area contributed by atoms with E-state index in [4.69, 9.17) is 9.29 Å². The van der Waals surface area contributed by atoms with Gasteiger partial charge in [-0.15, -0.1) is 0 Å². The molecule has 7 nitrogen and oxygen atoms in total. The smallest absolute Gasteiger partial charge is 0.293 e. The van der Waals surface area contributed by atoms with Crippen LogP contribution in [0, 0.1) is 16.0 Å². The lowest BCUT2D eigenvalue weighted by Gasteiger charge is -2.22. The second kappa shape index (κ2) is 6.78. The molecule has 1 saturated heterocycles. The fraction of sp³-hybridized carbons (Fsp3) is 0.500. The normalized spacial score (nSPS) is 17.6. The predicted octanol–water partition coefficient (Wildman–Crippen LogP) is 2.01. The highest BCUT2D eigenvalue weighted by Gasteiger charge is 2.19. The van der Waals surface area contributed by atoms with E-state index < -0.39 is 16.0 Å². The number of hydrogen-bond donors (Lipinski definition) is 2. The topological polar surface area (TPSA) is 102 Å². The number of nitro groups is 1. The number of nitrogens with zero attached hydrogens (tertiary/aromatic N) is 1. The molecule has 1 aromatic carbocycles. The van der Waals surface area contributed by atoms with Gasteiger partial charge in [0.15, 0.2) is 11.1 Å². The molecule has 20 heavy (non-hydrogen) atoms. The molecule has 0 bridgehead atoms. The molecule has 1 heterocycles.